The zero-order chi connectivity index (χ0) is 17.3. The van der Waals surface area contributed by atoms with Gasteiger partial charge in [-0.1, -0.05) is 30.3 Å². The largest absolute Gasteiger partial charge is 0.490 e. The number of ether oxygens (including phenoxy) is 1. The van der Waals surface area contributed by atoms with Crippen LogP contribution < -0.4 is 4.74 Å². The first-order chi connectivity index (χ1) is 11.5. The molecular formula is C18H17NO5. The second kappa shape index (κ2) is 6.31. The number of rotatable bonds is 4. The van der Waals surface area contributed by atoms with Crippen molar-refractivity contribution in [2.75, 3.05) is 7.11 Å². The van der Waals surface area contributed by atoms with Crippen LogP contribution in [0.2, 0.25) is 0 Å². The van der Waals surface area contributed by atoms with E-state index in [-0.39, 0.29) is 22.9 Å². The van der Waals surface area contributed by atoms with Crippen molar-refractivity contribution >= 4 is 11.7 Å². The van der Waals surface area contributed by atoms with Gasteiger partial charge in [0.2, 0.25) is 5.75 Å². The summed E-state index contributed by atoms with van der Waals surface area (Å²) in [6.45, 7) is 0. The van der Waals surface area contributed by atoms with E-state index < -0.39 is 10.9 Å². The topological polar surface area (TPSA) is 89.7 Å². The summed E-state index contributed by atoms with van der Waals surface area (Å²) in [5.41, 5.74) is 2.31. The average Bonchev–Trinajstić information content (AvgIpc) is 2.59. The van der Waals surface area contributed by atoms with Crippen molar-refractivity contribution in [3.8, 4) is 5.75 Å². The minimum Gasteiger partial charge on any atom is -0.490 e. The fourth-order valence-corrected chi connectivity index (χ4v) is 3.51. The molecule has 0 bridgehead atoms. The highest BCUT2D eigenvalue weighted by Gasteiger charge is 2.33. The van der Waals surface area contributed by atoms with Crippen molar-refractivity contribution in [1.29, 1.82) is 0 Å². The van der Waals surface area contributed by atoms with Crippen molar-refractivity contribution in [3.05, 3.63) is 68.8 Å². The molecule has 2 aromatic rings. The fourth-order valence-electron chi connectivity index (χ4n) is 3.51. The van der Waals surface area contributed by atoms with Gasteiger partial charge in [-0.25, -0.2) is 4.79 Å². The number of hydrogen-bond donors (Lipinski definition) is 1. The van der Waals surface area contributed by atoms with Crippen molar-refractivity contribution in [3.63, 3.8) is 0 Å². The first-order valence-corrected chi connectivity index (χ1v) is 7.71. The minimum atomic E-state index is -1.24. The summed E-state index contributed by atoms with van der Waals surface area (Å²) in [4.78, 5) is 22.5. The lowest BCUT2D eigenvalue weighted by Gasteiger charge is -2.26. The zero-order valence-electron chi connectivity index (χ0n) is 13.2. The molecule has 1 atom stereocenters. The van der Waals surface area contributed by atoms with Crippen LogP contribution >= 0.6 is 0 Å². The molecule has 24 heavy (non-hydrogen) atoms. The molecule has 6 heteroatoms. The summed E-state index contributed by atoms with van der Waals surface area (Å²) in [5, 5.41) is 20.9. The molecule has 124 valence electrons. The Morgan fingerprint density at radius 2 is 2.00 bits per heavy atom. The number of carbonyl (C=O) groups is 1. The molecule has 3 rings (SSSR count). The molecule has 1 N–H and O–H groups in total. The number of carboxylic acids is 1. The Kier molecular flexibility index (Phi) is 4.20. The zero-order valence-corrected chi connectivity index (χ0v) is 13.2. The molecule has 0 heterocycles. The molecule has 0 aliphatic heterocycles. The van der Waals surface area contributed by atoms with Gasteiger partial charge in [-0.2, -0.15) is 0 Å². The third kappa shape index (κ3) is 2.60. The number of carboxylic acid groups (broad SMARTS) is 1. The van der Waals surface area contributed by atoms with Crippen LogP contribution in [0.5, 0.6) is 5.75 Å². The Morgan fingerprint density at radius 3 is 2.67 bits per heavy atom. The molecule has 1 unspecified atom stereocenters. The summed E-state index contributed by atoms with van der Waals surface area (Å²) in [7, 11) is 1.26. The van der Waals surface area contributed by atoms with Gasteiger partial charge in [0.05, 0.1) is 12.0 Å². The van der Waals surface area contributed by atoms with Crippen LogP contribution in [-0.2, 0) is 6.42 Å². The molecule has 0 fully saturated rings. The highest BCUT2D eigenvalue weighted by atomic mass is 16.6. The van der Waals surface area contributed by atoms with Crippen molar-refractivity contribution in [2.45, 2.75) is 25.2 Å². The Labute approximate surface area is 138 Å². The summed E-state index contributed by atoms with van der Waals surface area (Å²) >= 11 is 0. The summed E-state index contributed by atoms with van der Waals surface area (Å²) in [5.74, 6) is -1.56. The second-order valence-corrected chi connectivity index (χ2v) is 5.79. The van der Waals surface area contributed by atoms with Gasteiger partial charge < -0.3 is 9.84 Å². The van der Waals surface area contributed by atoms with E-state index in [9.17, 15) is 20.0 Å². The number of aryl methyl sites for hydroxylation is 1. The normalized spacial score (nSPS) is 16.3. The van der Waals surface area contributed by atoms with Gasteiger partial charge in [-0.3, -0.25) is 10.1 Å². The standard InChI is InChI=1S/C18H17NO5/c1-24-17-15(18(20)21)10-9-14(16(17)19(22)23)13-8-4-6-11-5-2-3-7-12(11)13/h2-3,5,7,9-10,13H,4,6,8H2,1H3,(H,20,21). The number of aromatic carboxylic acids is 1. The Morgan fingerprint density at radius 1 is 1.25 bits per heavy atom. The monoisotopic (exact) mass is 327 g/mol. The van der Waals surface area contributed by atoms with Gasteiger partial charge in [-0.05, 0) is 36.5 Å². The number of nitro groups is 1. The van der Waals surface area contributed by atoms with E-state index in [2.05, 4.69) is 0 Å². The lowest BCUT2D eigenvalue weighted by molar-refractivity contribution is -0.386. The van der Waals surface area contributed by atoms with Gasteiger partial charge in [0.15, 0.2) is 0 Å². The van der Waals surface area contributed by atoms with Crippen LogP contribution in [0.1, 0.15) is 45.8 Å². The summed E-state index contributed by atoms with van der Waals surface area (Å²) in [6, 6.07) is 10.9. The third-order valence-electron chi connectivity index (χ3n) is 4.52. The number of fused-ring (bicyclic) bond motifs is 1. The van der Waals surface area contributed by atoms with Crippen molar-refractivity contribution in [2.24, 2.45) is 0 Å². The van der Waals surface area contributed by atoms with E-state index in [4.69, 9.17) is 4.74 Å². The Bertz CT molecular complexity index is 815. The van der Waals surface area contributed by atoms with Crippen LogP contribution in [0.4, 0.5) is 5.69 Å². The number of hydrogen-bond acceptors (Lipinski definition) is 4. The number of benzene rings is 2. The molecule has 0 saturated carbocycles. The quantitative estimate of drug-likeness (QED) is 0.682. The van der Waals surface area contributed by atoms with E-state index in [1.165, 1.54) is 18.7 Å². The molecule has 6 nitrogen and oxygen atoms in total. The lowest BCUT2D eigenvalue weighted by atomic mass is 9.78. The Balaban J connectivity index is 2.23. The molecule has 0 amide bonds. The van der Waals surface area contributed by atoms with E-state index >= 15 is 0 Å². The maximum Gasteiger partial charge on any atom is 0.339 e. The molecule has 1 aliphatic carbocycles. The first-order valence-electron chi connectivity index (χ1n) is 7.71. The van der Waals surface area contributed by atoms with Gasteiger partial charge in [0.25, 0.3) is 0 Å². The molecule has 0 spiro atoms. The van der Waals surface area contributed by atoms with Crippen LogP contribution in [-0.4, -0.2) is 23.1 Å². The summed E-state index contributed by atoms with van der Waals surface area (Å²) in [6.07, 6.45) is 2.67. The van der Waals surface area contributed by atoms with E-state index in [0.29, 0.717) is 5.56 Å². The molecule has 0 radical (unpaired) electrons. The van der Waals surface area contributed by atoms with Gasteiger partial charge in [-0.15, -0.1) is 0 Å². The average molecular weight is 327 g/mol. The van der Waals surface area contributed by atoms with Gasteiger partial charge >= 0.3 is 11.7 Å². The van der Waals surface area contributed by atoms with E-state index in [1.807, 2.05) is 24.3 Å². The highest BCUT2D eigenvalue weighted by molar-refractivity contribution is 5.93. The van der Waals surface area contributed by atoms with Crippen LogP contribution in [0.15, 0.2) is 36.4 Å². The maximum absolute atomic E-state index is 11.7. The fraction of sp³-hybridized carbons (Fsp3) is 0.278. The summed E-state index contributed by atoms with van der Waals surface area (Å²) < 4.78 is 5.10. The predicted molar refractivity (Wildman–Crippen MR) is 87.8 cm³/mol. The van der Waals surface area contributed by atoms with Gasteiger partial charge in [0, 0.05) is 11.5 Å². The maximum atomic E-state index is 11.7. The minimum absolute atomic E-state index is 0.132. The van der Waals surface area contributed by atoms with Crippen LogP contribution in [0, 0.1) is 10.1 Å². The lowest BCUT2D eigenvalue weighted by Crippen LogP contribution is -2.14. The highest BCUT2D eigenvalue weighted by Crippen LogP contribution is 2.44. The van der Waals surface area contributed by atoms with E-state index in [1.54, 1.807) is 6.07 Å². The van der Waals surface area contributed by atoms with Gasteiger partial charge in [0.1, 0.15) is 5.56 Å². The smallest absolute Gasteiger partial charge is 0.339 e. The van der Waals surface area contributed by atoms with Crippen molar-refractivity contribution in [1.82, 2.24) is 0 Å². The SMILES string of the molecule is COc1c(C(=O)O)ccc(C2CCCc3ccccc32)c1[N+](=O)[O-]. The molecule has 2 aromatic carbocycles. The van der Waals surface area contributed by atoms with Crippen LogP contribution in [0.3, 0.4) is 0 Å². The molecule has 0 aromatic heterocycles. The number of methoxy groups -OCH3 is 1. The first kappa shape index (κ1) is 16.0. The predicted octanol–water partition coefficient (Wildman–Crippen LogP) is 3.77. The van der Waals surface area contributed by atoms with Crippen molar-refractivity contribution < 1.29 is 19.6 Å². The molecule has 1 aliphatic rings. The third-order valence-corrected chi connectivity index (χ3v) is 4.52. The number of nitrogens with zero attached hydrogens (tertiary/aromatic N) is 1. The second-order valence-electron chi connectivity index (χ2n) is 5.79. The number of nitro benzene ring substituents is 1. The molecular weight excluding hydrogens is 310 g/mol. The van der Waals surface area contributed by atoms with E-state index in [0.717, 1.165) is 24.8 Å². The van der Waals surface area contributed by atoms with Crippen LogP contribution in [0.25, 0.3) is 0 Å². The molecule has 0 saturated heterocycles. The Hall–Kier alpha value is -2.89.